The lowest BCUT2D eigenvalue weighted by molar-refractivity contribution is -0.127. The fourth-order valence-electron chi connectivity index (χ4n) is 5.36. The smallest absolute Gasteiger partial charge is 0.222 e. The summed E-state index contributed by atoms with van der Waals surface area (Å²) in [6.07, 6.45) is 8.17. The van der Waals surface area contributed by atoms with Crippen LogP contribution in [-0.2, 0) is 4.79 Å². The van der Waals surface area contributed by atoms with Gasteiger partial charge in [-0.05, 0) is 44.4 Å². The van der Waals surface area contributed by atoms with Gasteiger partial charge in [-0.2, -0.15) is 0 Å². The number of nitrogens with zero attached hydrogens (tertiary/aromatic N) is 4. The molecule has 2 heterocycles. The van der Waals surface area contributed by atoms with Crippen molar-refractivity contribution in [1.82, 2.24) is 15.1 Å². The normalized spacial score (nSPS) is 21.7. The number of anilines is 1. The van der Waals surface area contributed by atoms with Gasteiger partial charge in [-0.15, -0.1) is 24.0 Å². The van der Waals surface area contributed by atoms with Gasteiger partial charge in [0, 0.05) is 63.8 Å². The van der Waals surface area contributed by atoms with E-state index in [1.165, 1.54) is 36.9 Å². The molecule has 1 saturated heterocycles. The standard InChI is InChI=1S/C24H37N5O.HI/c1-25-24(26-14-17-27(2)20-8-3-4-9-20)29-18-19(21-10-5-6-11-22(21)29)13-16-28-15-7-12-23(28)30;/h5-6,10-11,19-20H,3-4,7-9,12-18H2,1-2H3,(H,25,26);1H. The molecule has 0 radical (unpaired) electrons. The number of nitrogens with one attached hydrogen (secondary N) is 1. The largest absolute Gasteiger partial charge is 0.355 e. The minimum absolute atomic E-state index is 0. The summed E-state index contributed by atoms with van der Waals surface area (Å²) in [7, 11) is 4.13. The summed E-state index contributed by atoms with van der Waals surface area (Å²) in [5.41, 5.74) is 2.64. The van der Waals surface area contributed by atoms with Gasteiger partial charge in [-0.3, -0.25) is 9.79 Å². The van der Waals surface area contributed by atoms with Crippen LogP contribution in [0.3, 0.4) is 0 Å². The Labute approximate surface area is 204 Å². The van der Waals surface area contributed by atoms with Gasteiger partial charge in [0.05, 0.1) is 0 Å². The maximum atomic E-state index is 12.0. The second-order valence-corrected chi connectivity index (χ2v) is 9.03. The third-order valence-electron chi connectivity index (χ3n) is 7.15. The van der Waals surface area contributed by atoms with E-state index in [0.717, 1.165) is 64.0 Å². The lowest BCUT2D eigenvalue weighted by Gasteiger charge is -2.27. The van der Waals surface area contributed by atoms with Crippen LogP contribution >= 0.6 is 24.0 Å². The van der Waals surface area contributed by atoms with Crippen LogP contribution in [0.25, 0.3) is 0 Å². The highest BCUT2D eigenvalue weighted by Gasteiger charge is 2.32. The molecule has 1 atom stereocenters. The molecular weight excluding hydrogens is 501 g/mol. The summed E-state index contributed by atoms with van der Waals surface area (Å²) in [5, 5.41) is 3.60. The molecule has 4 rings (SSSR count). The molecule has 0 spiro atoms. The highest BCUT2D eigenvalue weighted by molar-refractivity contribution is 14.0. The third kappa shape index (κ3) is 5.72. The van der Waals surface area contributed by atoms with Crippen molar-refractivity contribution < 1.29 is 4.79 Å². The molecule has 1 amide bonds. The minimum atomic E-state index is 0. The molecule has 1 aromatic carbocycles. The maximum absolute atomic E-state index is 12.0. The highest BCUT2D eigenvalue weighted by Crippen LogP contribution is 2.38. The van der Waals surface area contributed by atoms with Gasteiger partial charge in [-0.1, -0.05) is 31.0 Å². The van der Waals surface area contributed by atoms with Crippen LogP contribution < -0.4 is 10.2 Å². The Bertz CT molecular complexity index is 764. The molecule has 6 nitrogen and oxygen atoms in total. The van der Waals surface area contributed by atoms with Gasteiger partial charge < -0.3 is 20.0 Å². The molecule has 31 heavy (non-hydrogen) atoms. The number of guanidine groups is 1. The van der Waals surface area contributed by atoms with E-state index in [0.29, 0.717) is 11.8 Å². The first-order chi connectivity index (χ1) is 14.7. The second kappa shape index (κ2) is 11.5. The van der Waals surface area contributed by atoms with E-state index in [4.69, 9.17) is 0 Å². The Morgan fingerprint density at radius 1 is 1.23 bits per heavy atom. The lowest BCUT2D eigenvalue weighted by atomic mass is 9.98. The van der Waals surface area contributed by atoms with Crippen LogP contribution in [-0.4, -0.2) is 74.5 Å². The van der Waals surface area contributed by atoms with Crippen LogP contribution in [0.5, 0.6) is 0 Å². The molecule has 7 heteroatoms. The molecule has 1 unspecified atom stereocenters. The Hall–Kier alpha value is -1.35. The molecule has 0 aromatic heterocycles. The zero-order valence-corrected chi connectivity index (χ0v) is 21.4. The van der Waals surface area contributed by atoms with Crippen LogP contribution in [0.4, 0.5) is 5.69 Å². The monoisotopic (exact) mass is 539 g/mol. The van der Waals surface area contributed by atoms with Gasteiger partial charge in [-0.25, -0.2) is 0 Å². The molecule has 2 aliphatic heterocycles. The van der Waals surface area contributed by atoms with Gasteiger partial charge in [0.2, 0.25) is 5.91 Å². The van der Waals surface area contributed by atoms with Crippen molar-refractivity contribution in [1.29, 1.82) is 0 Å². The van der Waals surface area contributed by atoms with E-state index < -0.39 is 0 Å². The highest BCUT2D eigenvalue weighted by atomic mass is 127. The zero-order chi connectivity index (χ0) is 20.9. The van der Waals surface area contributed by atoms with Crippen LogP contribution in [0, 0.1) is 0 Å². The van der Waals surface area contributed by atoms with E-state index in [1.54, 1.807) is 0 Å². The molecular formula is C24H38IN5O. The van der Waals surface area contributed by atoms with Crippen molar-refractivity contribution in [2.24, 2.45) is 4.99 Å². The summed E-state index contributed by atoms with van der Waals surface area (Å²) in [6, 6.07) is 9.43. The molecule has 0 bridgehead atoms. The van der Waals surface area contributed by atoms with Crippen molar-refractivity contribution in [2.75, 3.05) is 51.7 Å². The molecule has 2 fully saturated rings. The van der Waals surface area contributed by atoms with Gasteiger partial charge in [0.1, 0.15) is 0 Å². The van der Waals surface area contributed by atoms with Gasteiger partial charge in [0.25, 0.3) is 0 Å². The lowest BCUT2D eigenvalue weighted by Crippen LogP contribution is -2.44. The van der Waals surface area contributed by atoms with Crippen LogP contribution in [0.2, 0.25) is 0 Å². The Morgan fingerprint density at radius 2 is 2.00 bits per heavy atom. The van der Waals surface area contributed by atoms with Gasteiger partial charge in [0.15, 0.2) is 5.96 Å². The van der Waals surface area contributed by atoms with Crippen LogP contribution in [0.15, 0.2) is 29.3 Å². The number of aliphatic imine (C=N–C) groups is 1. The average Bonchev–Trinajstić information content (AvgIpc) is 3.50. The van der Waals surface area contributed by atoms with Crippen molar-refractivity contribution in [3.05, 3.63) is 29.8 Å². The van der Waals surface area contributed by atoms with E-state index >= 15 is 0 Å². The van der Waals surface area contributed by atoms with Crippen molar-refractivity contribution >= 4 is 41.5 Å². The summed E-state index contributed by atoms with van der Waals surface area (Å²) >= 11 is 0. The number of para-hydroxylation sites is 1. The Morgan fingerprint density at radius 3 is 2.71 bits per heavy atom. The van der Waals surface area contributed by atoms with E-state index in [2.05, 4.69) is 51.4 Å². The quantitative estimate of drug-likeness (QED) is 0.327. The number of halogens is 1. The Balaban J connectivity index is 0.00000272. The first-order valence-electron chi connectivity index (χ1n) is 11.7. The predicted molar refractivity (Wildman–Crippen MR) is 139 cm³/mol. The second-order valence-electron chi connectivity index (χ2n) is 9.03. The summed E-state index contributed by atoms with van der Waals surface area (Å²) in [5.74, 6) is 1.72. The number of carbonyl (C=O) groups excluding carboxylic acids is 1. The third-order valence-corrected chi connectivity index (χ3v) is 7.15. The van der Waals surface area contributed by atoms with Crippen molar-refractivity contribution in [2.45, 2.75) is 56.9 Å². The number of hydrogen-bond acceptors (Lipinski definition) is 3. The number of rotatable bonds is 7. The average molecular weight is 540 g/mol. The maximum Gasteiger partial charge on any atom is 0.222 e. The topological polar surface area (TPSA) is 51.2 Å². The van der Waals surface area contributed by atoms with Crippen LogP contribution in [0.1, 0.15) is 56.4 Å². The first kappa shape index (κ1) is 24.3. The number of benzene rings is 1. The molecule has 172 valence electrons. The zero-order valence-electron chi connectivity index (χ0n) is 19.1. The Kier molecular flexibility index (Phi) is 9.01. The summed E-state index contributed by atoms with van der Waals surface area (Å²) < 4.78 is 0. The summed E-state index contributed by atoms with van der Waals surface area (Å²) in [6.45, 7) is 4.67. The molecule has 1 saturated carbocycles. The fourth-order valence-corrected chi connectivity index (χ4v) is 5.36. The fraction of sp³-hybridized carbons (Fsp3) is 0.667. The first-order valence-corrected chi connectivity index (χ1v) is 11.7. The van der Waals surface area contributed by atoms with Crippen molar-refractivity contribution in [3.63, 3.8) is 0 Å². The minimum Gasteiger partial charge on any atom is -0.355 e. The number of carbonyl (C=O) groups is 1. The van der Waals surface area contributed by atoms with E-state index in [1.807, 2.05) is 11.9 Å². The number of likely N-dealkylation sites (tertiary alicyclic amines) is 1. The summed E-state index contributed by atoms with van der Waals surface area (Å²) in [4.78, 5) is 23.5. The molecule has 1 N–H and O–H groups in total. The van der Waals surface area contributed by atoms with Gasteiger partial charge >= 0.3 is 0 Å². The molecule has 3 aliphatic rings. The number of fused-ring (bicyclic) bond motifs is 1. The number of likely N-dealkylation sites (N-methyl/N-ethyl adjacent to an activating group) is 1. The van der Waals surface area contributed by atoms with Crippen molar-refractivity contribution in [3.8, 4) is 0 Å². The SMILES string of the molecule is CN=C(NCCN(C)C1CCCC1)N1CC(CCN2CCCC2=O)c2ccccc21.I. The predicted octanol–water partition coefficient (Wildman–Crippen LogP) is 3.67. The van der Waals surface area contributed by atoms with E-state index in [9.17, 15) is 4.79 Å². The molecule has 1 aromatic rings. The van der Waals surface area contributed by atoms with E-state index in [-0.39, 0.29) is 24.0 Å². The number of amides is 1. The molecule has 1 aliphatic carbocycles. The number of hydrogen-bond donors (Lipinski definition) is 1.